The lowest BCUT2D eigenvalue weighted by molar-refractivity contribution is -0.384. The molecule has 0 bridgehead atoms. The third-order valence-corrected chi connectivity index (χ3v) is 6.56. The van der Waals surface area contributed by atoms with Gasteiger partial charge in [-0.3, -0.25) is 19.7 Å². The Morgan fingerprint density at radius 1 is 1.15 bits per heavy atom. The number of anilines is 1. The van der Waals surface area contributed by atoms with Crippen molar-refractivity contribution >= 4 is 23.1 Å². The summed E-state index contributed by atoms with van der Waals surface area (Å²) in [5, 5.41) is 19.1. The first-order chi connectivity index (χ1) is 15.9. The maximum atomic E-state index is 13.8. The normalized spacial score (nSPS) is 20.8. The van der Waals surface area contributed by atoms with Gasteiger partial charge in [-0.15, -0.1) is 0 Å². The van der Waals surface area contributed by atoms with Crippen LogP contribution in [0, 0.1) is 17.0 Å². The van der Waals surface area contributed by atoms with Gasteiger partial charge in [-0.25, -0.2) is 4.68 Å². The molecule has 1 N–H and O–H groups in total. The van der Waals surface area contributed by atoms with E-state index in [2.05, 4.69) is 10.4 Å². The Labute approximate surface area is 187 Å². The molecular formula is C24H18N4O5. The molecular weight excluding hydrogens is 424 g/mol. The first kappa shape index (κ1) is 19.4. The van der Waals surface area contributed by atoms with E-state index in [1.165, 1.54) is 18.2 Å². The number of benzene rings is 2. The molecule has 1 unspecified atom stereocenters. The van der Waals surface area contributed by atoms with Crippen LogP contribution in [0.3, 0.4) is 0 Å². The number of carbonyl (C=O) groups is 2. The molecule has 1 aliphatic carbocycles. The SMILES string of the molecule is Cc1nn(-c2ccccc2)c2c1C1(C(=O)Nc3ccc([N+](=O)[O-])cc31)C1=C(CCCC1=O)O2. The third-order valence-electron chi connectivity index (χ3n) is 6.56. The Balaban J connectivity index is 1.73. The van der Waals surface area contributed by atoms with Gasteiger partial charge in [0.05, 0.1) is 27.4 Å². The van der Waals surface area contributed by atoms with Gasteiger partial charge in [0.15, 0.2) is 5.78 Å². The van der Waals surface area contributed by atoms with Gasteiger partial charge >= 0.3 is 0 Å². The number of hydrogen-bond acceptors (Lipinski definition) is 6. The Morgan fingerprint density at radius 2 is 1.94 bits per heavy atom. The summed E-state index contributed by atoms with van der Waals surface area (Å²) in [7, 11) is 0. The number of para-hydroxylation sites is 1. The summed E-state index contributed by atoms with van der Waals surface area (Å²) in [4.78, 5) is 38.2. The van der Waals surface area contributed by atoms with E-state index in [9.17, 15) is 19.7 Å². The van der Waals surface area contributed by atoms with Crippen molar-refractivity contribution in [2.24, 2.45) is 0 Å². The van der Waals surface area contributed by atoms with E-state index in [0.717, 1.165) is 5.69 Å². The number of carbonyl (C=O) groups excluding carboxylic acids is 2. The highest BCUT2D eigenvalue weighted by atomic mass is 16.6. The van der Waals surface area contributed by atoms with E-state index >= 15 is 0 Å². The number of rotatable bonds is 2. The molecule has 0 saturated heterocycles. The quantitative estimate of drug-likeness (QED) is 0.478. The van der Waals surface area contributed by atoms with Crippen LogP contribution in [0.2, 0.25) is 0 Å². The monoisotopic (exact) mass is 442 g/mol. The number of ketones is 1. The lowest BCUT2D eigenvalue weighted by atomic mass is 9.65. The summed E-state index contributed by atoms with van der Waals surface area (Å²) < 4.78 is 7.91. The first-order valence-electron chi connectivity index (χ1n) is 10.6. The van der Waals surface area contributed by atoms with Crippen molar-refractivity contribution < 1.29 is 19.2 Å². The van der Waals surface area contributed by atoms with Gasteiger partial charge in [-0.2, -0.15) is 5.10 Å². The number of fused-ring (bicyclic) bond motifs is 5. The summed E-state index contributed by atoms with van der Waals surface area (Å²) in [6, 6.07) is 13.6. The first-order valence-corrected chi connectivity index (χ1v) is 10.6. The molecule has 3 heterocycles. The maximum absolute atomic E-state index is 13.8. The number of aromatic nitrogens is 2. The Hall–Kier alpha value is -4.27. The lowest BCUT2D eigenvalue weighted by Gasteiger charge is -2.37. The highest BCUT2D eigenvalue weighted by molar-refractivity contribution is 6.19. The molecule has 0 fully saturated rings. The molecule has 9 nitrogen and oxygen atoms in total. The van der Waals surface area contributed by atoms with Gasteiger partial charge < -0.3 is 10.1 Å². The van der Waals surface area contributed by atoms with Crippen molar-refractivity contribution in [3.63, 3.8) is 0 Å². The van der Waals surface area contributed by atoms with Crippen molar-refractivity contribution in [1.82, 2.24) is 9.78 Å². The maximum Gasteiger partial charge on any atom is 0.269 e. The number of non-ortho nitro benzene ring substituents is 1. The van der Waals surface area contributed by atoms with Crippen LogP contribution in [0.5, 0.6) is 5.88 Å². The zero-order valence-corrected chi connectivity index (χ0v) is 17.6. The Morgan fingerprint density at radius 3 is 2.70 bits per heavy atom. The molecule has 3 aromatic rings. The number of nitrogens with one attached hydrogen (secondary N) is 1. The lowest BCUT2D eigenvalue weighted by Crippen LogP contribution is -2.45. The van der Waals surface area contributed by atoms with Gasteiger partial charge in [0, 0.05) is 36.2 Å². The van der Waals surface area contributed by atoms with Crippen LogP contribution in [-0.2, 0) is 15.0 Å². The number of nitro groups is 1. The molecule has 2 aromatic carbocycles. The van der Waals surface area contributed by atoms with Gasteiger partial charge in [-0.05, 0) is 31.5 Å². The Kier molecular flexibility index (Phi) is 3.89. The molecule has 33 heavy (non-hydrogen) atoms. The molecule has 0 saturated carbocycles. The summed E-state index contributed by atoms with van der Waals surface area (Å²) in [5.74, 6) is 0.149. The number of nitro benzene ring substituents is 1. The Bertz CT molecular complexity index is 1420. The molecule has 1 atom stereocenters. The molecule has 3 aliphatic rings. The summed E-state index contributed by atoms with van der Waals surface area (Å²) in [5.41, 5.74) is 1.05. The van der Waals surface area contributed by atoms with E-state index < -0.39 is 16.2 Å². The van der Waals surface area contributed by atoms with Gasteiger partial charge in [-0.1, -0.05) is 18.2 Å². The summed E-state index contributed by atoms with van der Waals surface area (Å²) in [6.45, 7) is 1.75. The van der Waals surface area contributed by atoms with Crippen LogP contribution in [0.1, 0.15) is 36.1 Å². The van der Waals surface area contributed by atoms with Gasteiger partial charge in [0.1, 0.15) is 11.2 Å². The van der Waals surface area contributed by atoms with Crippen molar-refractivity contribution in [1.29, 1.82) is 0 Å². The minimum Gasteiger partial charge on any atom is -0.442 e. The number of Topliss-reactive ketones (excluding diaryl/α,β-unsaturated/α-hetero) is 1. The molecule has 1 amide bonds. The molecule has 6 rings (SSSR count). The number of nitrogens with zero attached hydrogens (tertiary/aromatic N) is 3. The fourth-order valence-electron chi connectivity index (χ4n) is 5.25. The fourth-order valence-corrected chi connectivity index (χ4v) is 5.25. The zero-order valence-electron chi connectivity index (χ0n) is 17.6. The number of aryl methyl sites for hydroxylation is 1. The predicted molar refractivity (Wildman–Crippen MR) is 117 cm³/mol. The number of ether oxygens (including phenoxy) is 1. The van der Waals surface area contributed by atoms with Crippen molar-refractivity contribution in [2.75, 3.05) is 5.32 Å². The molecule has 2 aliphatic heterocycles. The van der Waals surface area contributed by atoms with Gasteiger partial charge in [0.2, 0.25) is 11.8 Å². The summed E-state index contributed by atoms with van der Waals surface area (Å²) >= 11 is 0. The van der Waals surface area contributed by atoms with E-state index in [0.29, 0.717) is 47.0 Å². The van der Waals surface area contributed by atoms with Crippen LogP contribution in [0.4, 0.5) is 11.4 Å². The molecule has 0 radical (unpaired) electrons. The molecule has 1 spiro atoms. The number of allylic oxidation sites excluding steroid dienone is 1. The second-order valence-corrected chi connectivity index (χ2v) is 8.38. The highest BCUT2D eigenvalue weighted by Crippen LogP contribution is 2.57. The fraction of sp³-hybridized carbons (Fsp3) is 0.208. The van der Waals surface area contributed by atoms with E-state index in [-0.39, 0.29) is 23.5 Å². The largest absolute Gasteiger partial charge is 0.442 e. The van der Waals surface area contributed by atoms with E-state index in [1.54, 1.807) is 11.6 Å². The molecule has 9 heteroatoms. The number of hydrogen-bond donors (Lipinski definition) is 1. The van der Waals surface area contributed by atoms with Crippen molar-refractivity contribution in [3.8, 4) is 11.6 Å². The number of amides is 1. The summed E-state index contributed by atoms with van der Waals surface area (Å²) in [6.07, 6.45) is 1.37. The van der Waals surface area contributed by atoms with Crippen molar-refractivity contribution in [2.45, 2.75) is 31.6 Å². The van der Waals surface area contributed by atoms with Crippen LogP contribution in [0.25, 0.3) is 5.69 Å². The van der Waals surface area contributed by atoms with Crippen LogP contribution < -0.4 is 10.1 Å². The van der Waals surface area contributed by atoms with Crippen molar-refractivity contribution in [3.05, 3.63) is 86.8 Å². The average Bonchev–Trinajstić information content (AvgIpc) is 3.28. The molecule has 164 valence electrons. The van der Waals surface area contributed by atoms with E-state index in [4.69, 9.17) is 4.74 Å². The second-order valence-electron chi connectivity index (χ2n) is 8.38. The van der Waals surface area contributed by atoms with Gasteiger partial charge in [0.25, 0.3) is 5.69 Å². The van der Waals surface area contributed by atoms with Crippen LogP contribution in [0.15, 0.2) is 59.9 Å². The average molecular weight is 442 g/mol. The smallest absolute Gasteiger partial charge is 0.269 e. The third kappa shape index (κ3) is 2.44. The predicted octanol–water partition coefficient (Wildman–Crippen LogP) is 3.73. The standard InChI is InChI=1S/C24H18N4O5/c1-13-20-22(27(26-13)14-6-3-2-4-7-14)33-19-9-5-8-18(29)21(19)24(20)16-12-15(28(31)32)10-11-17(16)25-23(24)30/h2-4,6-7,10-12H,5,8-9H2,1H3,(H,25,30). The van der Waals surface area contributed by atoms with Crippen LogP contribution >= 0.6 is 0 Å². The second kappa shape index (κ2) is 6.61. The van der Waals surface area contributed by atoms with Crippen LogP contribution in [-0.4, -0.2) is 26.4 Å². The minimum absolute atomic E-state index is 0.156. The topological polar surface area (TPSA) is 116 Å². The zero-order chi connectivity index (χ0) is 22.9. The van der Waals surface area contributed by atoms with E-state index in [1.807, 2.05) is 30.3 Å². The highest BCUT2D eigenvalue weighted by Gasteiger charge is 2.60. The molecule has 1 aromatic heterocycles. The minimum atomic E-state index is -1.56.